The van der Waals surface area contributed by atoms with Crippen molar-refractivity contribution in [1.82, 2.24) is 5.32 Å². The Labute approximate surface area is 102 Å². The summed E-state index contributed by atoms with van der Waals surface area (Å²) < 4.78 is 0. The van der Waals surface area contributed by atoms with Crippen molar-refractivity contribution >= 4 is 11.6 Å². The van der Waals surface area contributed by atoms with E-state index >= 15 is 0 Å². The smallest absolute Gasteiger partial charge is 0.0613 e. The molecule has 1 saturated carbocycles. The molecule has 1 fully saturated rings. The van der Waals surface area contributed by atoms with Gasteiger partial charge in [-0.2, -0.15) is 0 Å². The van der Waals surface area contributed by atoms with Crippen molar-refractivity contribution in [3.05, 3.63) is 34.9 Å². The number of rotatable bonds is 5. The van der Waals surface area contributed by atoms with Crippen molar-refractivity contribution in [3.8, 4) is 0 Å². The summed E-state index contributed by atoms with van der Waals surface area (Å²) in [6.07, 6.45) is 2.18. The Hall–Kier alpha value is -0.570. The minimum atomic E-state index is 0.0207. The molecule has 0 heterocycles. The number of benzene rings is 1. The molecule has 0 saturated heterocycles. The van der Waals surface area contributed by atoms with Crippen LogP contribution < -0.4 is 5.32 Å². The summed E-state index contributed by atoms with van der Waals surface area (Å²) in [7, 11) is 0. The van der Waals surface area contributed by atoms with E-state index in [0.717, 1.165) is 24.4 Å². The molecule has 0 aromatic heterocycles. The maximum absolute atomic E-state index is 9.20. The van der Waals surface area contributed by atoms with Crippen LogP contribution in [-0.2, 0) is 0 Å². The predicted octanol–water partition coefficient (Wildman–Crippen LogP) is 2.56. The molecule has 1 aliphatic rings. The fraction of sp³-hybridized carbons (Fsp3) is 0.538. The van der Waals surface area contributed by atoms with Crippen LogP contribution in [0.25, 0.3) is 0 Å². The Balaban J connectivity index is 1.90. The average molecular weight is 240 g/mol. The largest absolute Gasteiger partial charge is 0.394 e. The van der Waals surface area contributed by atoms with Crippen LogP contribution in [-0.4, -0.2) is 23.8 Å². The van der Waals surface area contributed by atoms with Gasteiger partial charge in [-0.15, -0.1) is 0 Å². The van der Waals surface area contributed by atoms with E-state index in [-0.39, 0.29) is 12.1 Å². The van der Waals surface area contributed by atoms with Crippen LogP contribution in [0.3, 0.4) is 0 Å². The number of hydrogen-bond donors (Lipinski definition) is 2. The van der Waals surface area contributed by atoms with Gasteiger partial charge in [0.2, 0.25) is 0 Å². The molecule has 2 N–H and O–H groups in total. The zero-order chi connectivity index (χ0) is 11.6. The van der Waals surface area contributed by atoms with Gasteiger partial charge in [-0.1, -0.05) is 30.7 Å². The zero-order valence-electron chi connectivity index (χ0n) is 9.54. The highest BCUT2D eigenvalue weighted by Gasteiger charge is 2.41. The molecule has 0 bridgehead atoms. The van der Waals surface area contributed by atoms with Gasteiger partial charge in [0.15, 0.2) is 0 Å². The quantitative estimate of drug-likeness (QED) is 0.828. The lowest BCUT2D eigenvalue weighted by atomic mass is 10.0. The van der Waals surface area contributed by atoms with Crippen LogP contribution in [0, 0.1) is 0 Å². The van der Waals surface area contributed by atoms with E-state index in [1.54, 1.807) is 0 Å². The first-order chi connectivity index (χ1) is 7.65. The third kappa shape index (κ3) is 2.76. The summed E-state index contributed by atoms with van der Waals surface area (Å²) in [6, 6.07) is 7.97. The van der Waals surface area contributed by atoms with E-state index in [1.165, 1.54) is 5.56 Å². The fourth-order valence-electron chi connectivity index (χ4n) is 1.84. The van der Waals surface area contributed by atoms with Crippen molar-refractivity contribution in [1.29, 1.82) is 0 Å². The average Bonchev–Trinajstić information content (AvgIpc) is 3.07. The number of aliphatic hydroxyl groups is 1. The van der Waals surface area contributed by atoms with E-state index in [0.29, 0.717) is 5.92 Å². The van der Waals surface area contributed by atoms with Gasteiger partial charge in [0.25, 0.3) is 0 Å². The van der Waals surface area contributed by atoms with Gasteiger partial charge in [-0.25, -0.2) is 0 Å². The molecule has 1 aromatic carbocycles. The van der Waals surface area contributed by atoms with Gasteiger partial charge in [0.05, 0.1) is 6.61 Å². The summed E-state index contributed by atoms with van der Waals surface area (Å²) in [6.45, 7) is 3.31. The third-order valence-electron chi connectivity index (χ3n) is 3.36. The highest BCUT2D eigenvalue weighted by Crippen LogP contribution is 2.35. The topological polar surface area (TPSA) is 32.3 Å². The van der Waals surface area contributed by atoms with Gasteiger partial charge in [0, 0.05) is 17.1 Å². The van der Waals surface area contributed by atoms with Crippen LogP contribution in [0.4, 0.5) is 0 Å². The second-order valence-electron chi connectivity index (χ2n) is 4.78. The van der Waals surface area contributed by atoms with Crippen molar-refractivity contribution in [2.75, 3.05) is 13.2 Å². The molecule has 2 rings (SSSR count). The van der Waals surface area contributed by atoms with Crippen molar-refractivity contribution in [2.24, 2.45) is 0 Å². The van der Waals surface area contributed by atoms with Crippen molar-refractivity contribution in [2.45, 2.75) is 31.2 Å². The van der Waals surface area contributed by atoms with E-state index in [1.807, 2.05) is 18.2 Å². The maximum Gasteiger partial charge on any atom is 0.0613 e. The van der Waals surface area contributed by atoms with Crippen LogP contribution >= 0.6 is 11.6 Å². The first-order valence-corrected chi connectivity index (χ1v) is 6.14. The van der Waals surface area contributed by atoms with Crippen LogP contribution in [0.2, 0.25) is 5.02 Å². The Bertz CT molecular complexity index is 363. The number of halogens is 1. The SMILES string of the molecule is C[C@H](CNC1(CO)CC1)c1cccc(Cl)c1. The normalized spacial score (nSPS) is 19.4. The van der Waals surface area contributed by atoms with E-state index in [2.05, 4.69) is 18.3 Å². The number of nitrogens with one attached hydrogen (secondary N) is 1. The molecule has 2 nitrogen and oxygen atoms in total. The molecule has 1 aliphatic carbocycles. The molecule has 3 heteroatoms. The standard InChI is InChI=1S/C13H18ClNO/c1-10(8-15-13(9-16)5-6-13)11-3-2-4-12(14)7-11/h2-4,7,10,15-16H,5-6,8-9H2,1H3/t10-/m1/s1. The van der Waals surface area contributed by atoms with Crippen molar-refractivity contribution in [3.63, 3.8) is 0 Å². The summed E-state index contributed by atoms with van der Waals surface area (Å²) in [5.74, 6) is 0.419. The zero-order valence-corrected chi connectivity index (χ0v) is 10.3. The number of hydrogen-bond acceptors (Lipinski definition) is 2. The summed E-state index contributed by atoms with van der Waals surface area (Å²) >= 11 is 5.96. The van der Waals surface area contributed by atoms with Gasteiger partial charge in [-0.05, 0) is 36.5 Å². The fourth-order valence-corrected chi connectivity index (χ4v) is 2.04. The Morgan fingerprint density at radius 3 is 2.81 bits per heavy atom. The molecule has 0 spiro atoms. The predicted molar refractivity (Wildman–Crippen MR) is 66.9 cm³/mol. The highest BCUT2D eigenvalue weighted by molar-refractivity contribution is 6.30. The molecule has 0 unspecified atom stereocenters. The molecule has 16 heavy (non-hydrogen) atoms. The highest BCUT2D eigenvalue weighted by atomic mass is 35.5. The molecule has 0 radical (unpaired) electrons. The lowest BCUT2D eigenvalue weighted by Crippen LogP contribution is -2.37. The third-order valence-corrected chi connectivity index (χ3v) is 3.59. The molecule has 0 amide bonds. The van der Waals surface area contributed by atoms with Gasteiger partial charge >= 0.3 is 0 Å². The van der Waals surface area contributed by atoms with Gasteiger partial charge in [0.1, 0.15) is 0 Å². The molecular formula is C13H18ClNO. The first kappa shape index (κ1) is 11.9. The Kier molecular flexibility index (Phi) is 3.53. The first-order valence-electron chi connectivity index (χ1n) is 5.77. The van der Waals surface area contributed by atoms with E-state index < -0.39 is 0 Å². The maximum atomic E-state index is 9.20. The molecule has 1 aromatic rings. The van der Waals surface area contributed by atoms with Gasteiger partial charge in [-0.3, -0.25) is 0 Å². The molecule has 1 atom stereocenters. The lowest BCUT2D eigenvalue weighted by molar-refractivity contribution is 0.229. The summed E-state index contributed by atoms with van der Waals surface area (Å²) in [4.78, 5) is 0. The Morgan fingerprint density at radius 1 is 1.50 bits per heavy atom. The van der Waals surface area contributed by atoms with Crippen LogP contribution in [0.5, 0.6) is 0 Å². The molecular weight excluding hydrogens is 222 g/mol. The second kappa shape index (κ2) is 4.74. The van der Waals surface area contributed by atoms with E-state index in [9.17, 15) is 5.11 Å². The Morgan fingerprint density at radius 2 is 2.25 bits per heavy atom. The molecule has 88 valence electrons. The van der Waals surface area contributed by atoms with Crippen molar-refractivity contribution < 1.29 is 5.11 Å². The monoisotopic (exact) mass is 239 g/mol. The van der Waals surface area contributed by atoms with Crippen LogP contribution in [0.15, 0.2) is 24.3 Å². The molecule has 0 aliphatic heterocycles. The summed E-state index contributed by atoms with van der Waals surface area (Å²) in [5, 5.41) is 13.4. The minimum Gasteiger partial charge on any atom is -0.394 e. The van der Waals surface area contributed by atoms with Gasteiger partial charge < -0.3 is 10.4 Å². The minimum absolute atomic E-state index is 0.0207. The number of aliphatic hydroxyl groups excluding tert-OH is 1. The van der Waals surface area contributed by atoms with Crippen LogP contribution in [0.1, 0.15) is 31.2 Å². The lowest BCUT2D eigenvalue weighted by Gasteiger charge is -2.18. The van der Waals surface area contributed by atoms with E-state index in [4.69, 9.17) is 11.6 Å². The summed E-state index contributed by atoms with van der Waals surface area (Å²) in [5.41, 5.74) is 1.26. The second-order valence-corrected chi connectivity index (χ2v) is 5.21.